The Kier molecular flexibility index (Phi) is 4.95. The topological polar surface area (TPSA) is 61.7 Å². The van der Waals surface area contributed by atoms with Gasteiger partial charge in [-0.05, 0) is 43.4 Å². The van der Waals surface area contributed by atoms with E-state index in [1.165, 1.54) is 22.5 Å². The van der Waals surface area contributed by atoms with Crippen molar-refractivity contribution in [3.05, 3.63) is 34.9 Å². The number of nitrogens with zero attached hydrogens (tertiary/aromatic N) is 4. The molecule has 2 heterocycles. The van der Waals surface area contributed by atoms with Gasteiger partial charge in [0.25, 0.3) is 0 Å². The number of aryl methyl sites for hydroxylation is 4. The number of hydrogen-bond donors (Lipinski definition) is 1. The van der Waals surface area contributed by atoms with Crippen LogP contribution >= 0.6 is 0 Å². The van der Waals surface area contributed by atoms with Crippen LogP contribution < -0.4 is 5.73 Å². The summed E-state index contributed by atoms with van der Waals surface area (Å²) in [5, 5.41) is 8.98. The SMILES string of the molecule is CCc1nn(CCc2cnn(C)c2)c(CC)c1CCN. The van der Waals surface area contributed by atoms with Crippen LogP contribution in [-0.2, 0) is 39.3 Å². The van der Waals surface area contributed by atoms with Crippen molar-refractivity contribution in [2.75, 3.05) is 6.54 Å². The molecule has 0 saturated carbocycles. The molecule has 0 amide bonds. The molecule has 5 heteroatoms. The van der Waals surface area contributed by atoms with Crippen molar-refractivity contribution in [1.82, 2.24) is 19.6 Å². The van der Waals surface area contributed by atoms with E-state index in [0.29, 0.717) is 6.54 Å². The molecule has 2 N–H and O–H groups in total. The Morgan fingerprint density at radius 1 is 1.20 bits per heavy atom. The first-order valence-electron chi connectivity index (χ1n) is 7.44. The summed E-state index contributed by atoms with van der Waals surface area (Å²) in [5.74, 6) is 0. The van der Waals surface area contributed by atoms with Gasteiger partial charge in [-0.2, -0.15) is 10.2 Å². The van der Waals surface area contributed by atoms with Crippen LogP contribution in [0.3, 0.4) is 0 Å². The van der Waals surface area contributed by atoms with E-state index in [1.54, 1.807) is 0 Å². The van der Waals surface area contributed by atoms with Crippen LogP contribution in [0.25, 0.3) is 0 Å². The van der Waals surface area contributed by atoms with Crippen molar-refractivity contribution in [2.45, 2.75) is 46.1 Å². The van der Waals surface area contributed by atoms with Crippen LogP contribution in [0, 0.1) is 0 Å². The van der Waals surface area contributed by atoms with Crippen molar-refractivity contribution in [3.63, 3.8) is 0 Å². The van der Waals surface area contributed by atoms with Gasteiger partial charge in [-0.1, -0.05) is 13.8 Å². The van der Waals surface area contributed by atoms with Crippen LogP contribution in [0.15, 0.2) is 12.4 Å². The summed E-state index contributed by atoms with van der Waals surface area (Å²) in [4.78, 5) is 0. The van der Waals surface area contributed by atoms with E-state index in [1.807, 2.05) is 17.9 Å². The lowest BCUT2D eigenvalue weighted by Gasteiger charge is -2.07. The van der Waals surface area contributed by atoms with E-state index in [4.69, 9.17) is 10.8 Å². The van der Waals surface area contributed by atoms with Gasteiger partial charge in [0.15, 0.2) is 0 Å². The molecular formula is C15H25N5. The van der Waals surface area contributed by atoms with Gasteiger partial charge in [0.05, 0.1) is 11.9 Å². The molecule has 0 aliphatic rings. The Balaban J connectivity index is 2.17. The maximum absolute atomic E-state index is 5.74. The minimum atomic E-state index is 0.689. The fourth-order valence-corrected chi connectivity index (χ4v) is 2.72. The van der Waals surface area contributed by atoms with Gasteiger partial charge in [-0.15, -0.1) is 0 Å². The Labute approximate surface area is 120 Å². The van der Waals surface area contributed by atoms with Gasteiger partial charge < -0.3 is 5.73 Å². The number of hydrogen-bond acceptors (Lipinski definition) is 3. The molecule has 0 unspecified atom stereocenters. The average Bonchev–Trinajstić information content (AvgIpc) is 3.00. The number of nitrogens with two attached hydrogens (primary N) is 1. The Morgan fingerprint density at radius 3 is 2.55 bits per heavy atom. The molecule has 0 fully saturated rings. The molecule has 0 radical (unpaired) electrons. The van der Waals surface area contributed by atoms with E-state index in [9.17, 15) is 0 Å². The molecule has 0 aromatic carbocycles. The lowest BCUT2D eigenvalue weighted by atomic mass is 10.1. The summed E-state index contributed by atoms with van der Waals surface area (Å²) in [6.45, 7) is 5.95. The fraction of sp³-hybridized carbons (Fsp3) is 0.600. The summed E-state index contributed by atoms with van der Waals surface area (Å²) in [5.41, 5.74) is 10.9. The molecule has 0 aliphatic carbocycles. The van der Waals surface area contributed by atoms with Crippen LogP contribution in [-0.4, -0.2) is 26.1 Å². The first-order valence-corrected chi connectivity index (χ1v) is 7.44. The molecule has 0 atom stereocenters. The zero-order valence-electron chi connectivity index (χ0n) is 12.8. The minimum Gasteiger partial charge on any atom is -0.330 e. The Morgan fingerprint density at radius 2 is 2.00 bits per heavy atom. The zero-order valence-corrected chi connectivity index (χ0v) is 12.8. The van der Waals surface area contributed by atoms with E-state index < -0.39 is 0 Å². The average molecular weight is 275 g/mol. The minimum absolute atomic E-state index is 0.689. The van der Waals surface area contributed by atoms with Crippen molar-refractivity contribution in [2.24, 2.45) is 12.8 Å². The van der Waals surface area contributed by atoms with Gasteiger partial charge in [0.1, 0.15) is 0 Å². The van der Waals surface area contributed by atoms with Crippen LogP contribution in [0.4, 0.5) is 0 Å². The van der Waals surface area contributed by atoms with E-state index in [2.05, 4.69) is 29.8 Å². The Bertz CT molecular complexity index is 553. The highest BCUT2D eigenvalue weighted by atomic mass is 15.3. The van der Waals surface area contributed by atoms with Crippen molar-refractivity contribution in [1.29, 1.82) is 0 Å². The highest BCUT2D eigenvalue weighted by Crippen LogP contribution is 2.17. The number of rotatable bonds is 7. The molecule has 0 bridgehead atoms. The molecule has 20 heavy (non-hydrogen) atoms. The maximum atomic E-state index is 5.74. The fourth-order valence-electron chi connectivity index (χ4n) is 2.72. The predicted octanol–water partition coefficient (Wildman–Crippen LogP) is 1.49. The summed E-state index contributed by atoms with van der Waals surface area (Å²) in [7, 11) is 1.95. The van der Waals surface area contributed by atoms with Crippen molar-refractivity contribution in [3.8, 4) is 0 Å². The largest absolute Gasteiger partial charge is 0.330 e. The molecule has 2 aromatic rings. The van der Waals surface area contributed by atoms with Gasteiger partial charge in [-0.3, -0.25) is 9.36 Å². The third-order valence-electron chi connectivity index (χ3n) is 3.68. The van der Waals surface area contributed by atoms with Gasteiger partial charge in [-0.25, -0.2) is 0 Å². The second kappa shape index (κ2) is 6.70. The quantitative estimate of drug-likeness (QED) is 0.832. The first-order chi connectivity index (χ1) is 9.69. The standard InChI is InChI=1S/C15H25N5/c1-4-14-13(6-8-16)15(5-2)20(18-14)9-7-12-10-17-19(3)11-12/h10-11H,4-9,16H2,1-3H3. The summed E-state index contributed by atoms with van der Waals surface area (Å²) < 4.78 is 4.01. The third-order valence-corrected chi connectivity index (χ3v) is 3.68. The van der Waals surface area contributed by atoms with E-state index in [-0.39, 0.29) is 0 Å². The monoisotopic (exact) mass is 275 g/mol. The molecule has 5 nitrogen and oxygen atoms in total. The van der Waals surface area contributed by atoms with Gasteiger partial charge >= 0.3 is 0 Å². The van der Waals surface area contributed by atoms with E-state index >= 15 is 0 Å². The zero-order chi connectivity index (χ0) is 14.5. The third kappa shape index (κ3) is 3.10. The van der Waals surface area contributed by atoms with E-state index in [0.717, 1.165) is 32.2 Å². The lowest BCUT2D eigenvalue weighted by molar-refractivity contribution is 0.580. The van der Waals surface area contributed by atoms with Crippen LogP contribution in [0.2, 0.25) is 0 Å². The van der Waals surface area contributed by atoms with Gasteiger partial charge in [0, 0.05) is 25.5 Å². The number of aromatic nitrogens is 4. The highest BCUT2D eigenvalue weighted by Gasteiger charge is 2.14. The smallest absolute Gasteiger partial charge is 0.0657 e. The normalized spacial score (nSPS) is 11.2. The predicted molar refractivity (Wildman–Crippen MR) is 80.7 cm³/mol. The van der Waals surface area contributed by atoms with Crippen molar-refractivity contribution < 1.29 is 0 Å². The molecule has 2 aromatic heterocycles. The highest BCUT2D eigenvalue weighted by molar-refractivity contribution is 5.27. The summed E-state index contributed by atoms with van der Waals surface area (Å²) in [6, 6.07) is 0. The van der Waals surface area contributed by atoms with Gasteiger partial charge in [0.2, 0.25) is 0 Å². The second-order valence-corrected chi connectivity index (χ2v) is 5.11. The molecule has 0 saturated heterocycles. The molecule has 110 valence electrons. The van der Waals surface area contributed by atoms with Crippen LogP contribution in [0.5, 0.6) is 0 Å². The summed E-state index contributed by atoms with van der Waals surface area (Å²) in [6.07, 6.45) is 7.87. The molecule has 2 rings (SSSR count). The summed E-state index contributed by atoms with van der Waals surface area (Å²) >= 11 is 0. The molecule has 0 spiro atoms. The van der Waals surface area contributed by atoms with Crippen LogP contribution in [0.1, 0.15) is 36.4 Å². The first kappa shape index (κ1) is 14.8. The lowest BCUT2D eigenvalue weighted by Crippen LogP contribution is -2.09. The maximum Gasteiger partial charge on any atom is 0.0657 e. The molecule has 0 aliphatic heterocycles. The molecular weight excluding hydrogens is 250 g/mol. The second-order valence-electron chi connectivity index (χ2n) is 5.11. The Hall–Kier alpha value is -1.62. The van der Waals surface area contributed by atoms with Crippen molar-refractivity contribution >= 4 is 0 Å².